The number of aromatic nitrogens is 3. The summed E-state index contributed by atoms with van der Waals surface area (Å²) in [5, 5.41) is 0.987. The van der Waals surface area contributed by atoms with Gasteiger partial charge in [-0.3, -0.25) is 4.79 Å². The summed E-state index contributed by atoms with van der Waals surface area (Å²) in [5.41, 5.74) is 4.33. The third-order valence-electron chi connectivity index (χ3n) is 6.94. The van der Waals surface area contributed by atoms with Gasteiger partial charge >= 0.3 is 0 Å². The first-order valence-corrected chi connectivity index (χ1v) is 12.0. The van der Waals surface area contributed by atoms with Crippen LogP contribution < -0.4 is 9.64 Å². The van der Waals surface area contributed by atoms with Crippen molar-refractivity contribution in [1.29, 1.82) is 0 Å². The van der Waals surface area contributed by atoms with Crippen LogP contribution in [0, 0.1) is 0 Å². The first-order valence-electron chi connectivity index (χ1n) is 12.0. The van der Waals surface area contributed by atoms with E-state index in [2.05, 4.69) is 24.2 Å². The molecular formula is C26H32N4O4. The molecule has 0 bridgehead atoms. The number of ether oxygens (including phenoxy) is 3. The summed E-state index contributed by atoms with van der Waals surface area (Å²) in [6.07, 6.45) is 7.51. The number of rotatable bonds is 6. The van der Waals surface area contributed by atoms with E-state index in [1.807, 2.05) is 17.7 Å². The molecule has 0 radical (unpaired) electrons. The molecule has 0 saturated carbocycles. The van der Waals surface area contributed by atoms with Gasteiger partial charge in [0.2, 0.25) is 5.91 Å². The Morgan fingerprint density at radius 1 is 1.32 bits per heavy atom. The first-order chi connectivity index (χ1) is 16.4. The molecule has 1 fully saturated rings. The van der Waals surface area contributed by atoms with Gasteiger partial charge in [0, 0.05) is 69.2 Å². The SMILES string of the molecule is CCCCOc1cc(-c2cn(C)c3cnc(N(C)C(C)=O)cc23)nc2c1CCOC21CCOC1. The topological polar surface area (TPSA) is 78.7 Å². The van der Waals surface area contributed by atoms with Crippen molar-refractivity contribution in [3.8, 4) is 17.0 Å². The van der Waals surface area contributed by atoms with E-state index < -0.39 is 5.60 Å². The van der Waals surface area contributed by atoms with Crippen LogP contribution in [-0.4, -0.2) is 53.9 Å². The van der Waals surface area contributed by atoms with Crippen LogP contribution in [-0.2, 0) is 33.3 Å². The Kier molecular flexibility index (Phi) is 6.04. The van der Waals surface area contributed by atoms with Crippen LogP contribution in [0.1, 0.15) is 44.4 Å². The van der Waals surface area contributed by atoms with E-state index in [0.29, 0.717) is 32.2 Å². The van der Waals surface area contributed by atoms with Crippen molar-refractivity contribution < 1.29 is 19.0 Å². The standard InChI is InChI=1S/C26H32N4O4/c1-5-6-9-33-23-13-21(28-25-18(23)7-10-34-26(25)8-11-32-16-26)20-15-29(3)22-14-27-24(12-19(20)22)30(4)17(2)31/h12-15H,5-11,16H2,1-4H3. The van der Waals surface area contributed by atoms with Crippen molar-refractivity contribution in [2.75, 3.05) is 38.4 Å². The van der Waals surface area contributed by atoms with Gasteiger partial charge in [-0.1, -0.05) is 13.3 Å². The van der Waals surface area contributed by atoms with Crippen LogP contribution in [0.25, 0.3) is 22.2 Å². The normalized spacial score (nSPS) is 19.5. The summed E-state index contributed by atoms with van der Waals surface area (Å²) in [7, 11) is 3.73. The largest absolute Gasteiger partial charge is 0.493 e. The van der Waals surface area contributed by atoms with E-state index in [9.17, 15) is 4.79 Å². The van der Waals surface area contributed by atoms with Crippen LogP contribution >= 0.6 is 0 Å². The lowest BCUT2D eigenvalue weighted by Crippen LogP contribution is -2.37. The van der Waals surface area contributed by atoms with Gasteiger partial charge < -0.3 is 23.7 Å². The smallest absolute Gasteiger partial charge is 0.224 e. The minimum Gasteiger partial charge on any atom is -0.493 e. The number of pyridine rings is 2. The fraction of sp³-hybridized carbons (Fsp3) is 0.500. The molecule has 1 saturated heterocycles. The second-order valence-corrected chi connectivity index (χ2v) is 9.22. The average molecular weight is 465 g/mol. The van der Waals surface area contributed by atoms with Crippen LogP contribution in [0.2, 0.25) is 0 Å². The van der Waals surface area contributed by atoms with Crippen molar-refractivity contribution in [2.24, 2.45) is 7.05 Å². The highest BCUT2D eigenvalue weighted by molar-refractivity contribution is 5.98. The van der Waals surface area contributed by atoms with Crippen LogP contribution in [0.5, 0.6) is 5.75 Å². The molecule has 0 N–H and O–H groups in total. The zero-order valence-corrected chi connectivity index (χ0v) is 20.4. The summed E-state index contributed by atoms with van der Waals surface area (Å²) >= 11 is 0. The third-order valence-corrected chi connectivity index (χ3v) is 6.94. The van der Waals surface area contributed by atoms with Crippen molar-refractivity contribution in [2.45, 2.75) is 45.1 Å². The highest BCUT2D eigenvalue weighted by Crippen LogP contribution is 2.44. The van der Waals surface area contributed by atoms with Gasteiger partial charge in [-0.2, -0.15) is 0 Å². The van der Waals surface area contributed by atoms with Gasteiger partial charge in [0.05, 0.1) is 42.9 Å². The Labute approximate surface area is 199 Å². The predicted octanol–water partition coefficient (Wildman–Crippen LogP) is 3.99. The van der Waals surface area contributed by atoms with Crippen LogP contribution in [0.4, 0.5) is 5.82 Å². The van der Waals surface area contributed by atoms with Gasteiger partial charge in [0.15, 0.2) is 0 Å². The number of carbonyl (C=O) groups is 1. The van der Waals surface area contributed by atoms with Crippen molar-refractivity contribution in [3.05, 3.63) is 35.8 Å². The Hall–Kier alpha value is -2.97. The number of hydrogen-bond donors (Lipinski definition) is 0. The number of anilines is 1. The molecule has 3 aromatic rings. The number of carbonyl (C=O) groups excluding carboxylic acids is 1. The number of hydrogen-bond acceptors (Lipinski definition) is 6. The van der Waals surface area contributed by atoms with Gasteiger partial charge in [-0.25, -0.2) is 9.97 Å². The number of unbranched alkanes of at least 4 members (excludes halogenated alkanes) is 1. The fourth-order valence-electron chi connectivity index (χ4n) is 4.84. The molecule has 34 heavy (non-hydrogen) atoms. The molecule has 0 aliphatic carbocycles. The summed E-state index contributed by atoms with van der Waals surface area (Å²) in [6, 6.07) is 4.02. The molecule has 1 atom stereocenters. The van der Waals surface area contributed by atoms with Gasteiger partial charge in [-0.05, 0) is 12.5 Å². The van der Waals surface area contributed by atoms with E-state index >= 15 is 0 Å². The Morgan fingerprint density at radius 2 is 2.18 bits per heavy atom. The molecule has 1 spiro atoms. The maximum Gasteiger partial charge on any atom is 0.224 e. The van der Waals surface area contributed by atoms with Crippen LogP contribution in [0.3, 0.4) is 0 Å². The minimum absolute atomic E-state index is 0.0665. The molecule has 5 heterocycles. The Bertz CT molecular complexity index is 1230. The molecule has 2 aliphatic rings. The molecule has 8 nitrogen and oxygen atoms in total. The van der Waals surface area contributed by atoms with Gasteiger partial charge in [0.25, 0.3) is 0 Å². The molecule has 0 aromatic carbocycles. The molecule has 5 rings (SSSR count). The van der Waals surface area contributed by atoms with Crippen LogP contribution in [0.15, 0.2) is 24.5 Å². The Balaban J connectivity index is 1.68. The molecule has 1 unspecified atom stereocenters. The van der Waals surface area contributed by atoms with E-state index in [-0.39, 0.29) is 5.91 Å². The highest BCUT2D eigenvalue weighted by Gasteiger charge is 2.44. The monoisotopic (exact) mass is 464 g/mol. The average Bonchev–Trinajstić information content (AvgIpc) is 3.44. The maximum absolute atomic E-state index is 11.9. The van der Waals surface area contributed by atoms with E-state index in [4.69, 9.17) is 19.2 Å². The summed E-state index contributed by atoms with van der Waals surface area (Å²) in [6.45, 7) is 6.18. The van der Waals surface area contributed by atoms with E-state index in [1.165, 1.54) is 6.92 Å². The number of nitrogens with zero attached hydrogens (tertiary/aromatic N) is 4. The minimum atomic E-state index is -0.515. The lowest BCUT2D eigenvalue weighted by atomic mass is 9.89. The molecule has 8 heteroatoms. The van der Waals surface area contributed by atoms with Crippen molar-refractivity contribution in [1.82, 2.24) is 14.5 Å². The summed E-state index contributed by atoms with van der Waals surface area (Å²) in [4.78, 5) is 23.2. The second kappa shape index (κ2) is 9.00. The molecule has 1 amide bonds. The van der Waals surface area contributed by atoms with Gasteiger partial charge in [0.1, 0.15) is 17.2 Å². The summed E-state index contributed by atoms with van der Waals surface area (Å²) < 4.78 is 20.4. The molecular weight excluding hydrogens is 432 g/mol. The zero-order valence-electron chi connectivity index (χ0n) is 20.4. The third kappa shape index (κ3) is 3.84. The lowest BCUT2D eigenvalue weighted by Gasteiger charge is -2.34. The van der Waals surface area contributed by atoms with E-state index in [1.54, 1.807) is 18.1 Å². The molecule has 180 valence electrons. The highest BCUT2D eigenvalue weighted by atomic mass is 16.6. The number of aryl methyl sites for hydroxylation is 1. The van der Waals surface area contributed by atoms with Gasteiger partial charge in [-0.15, -0.1) is 0 Å². The predicted molar refractivity (Wildman–Crippen MR) is 130 cm³/mol. The van der Waals surface area contributed by atoms with Crippen molar-refractivity contribution >= 4 is 22.6 Å². The fourth-order valence-corrected chi connectivity index (χ4v) is 4.84. The number of amides is 1. The van der Waals surface area contributed by atoms with E-state index in [0.717, 1.165) is 64.9 Å². The number of fused-ring (bicyclic) bond motifs is 3. The molecule has 3 aromatic heterocycles. The first kappa shape index (κ1) is 22.8. The molecule has 2 aliphatic heterocycles. The Morgan fingerprint density at radius 3 is 2.91 bits per heavy atom. The zero-order chi connectivity index (χ0) is 23.9. The quantitative estimate of drug-likeness (QED) is 0.514. The lowest BCUT2D eigenvalue weighted by molar-refractivity contribution is -0.116. The summed E-state index contributed by atoms with van der Waals surface area (Å²) in [5.74, 6) is 1.42. The maximum atomic E-state index is 11.9. The second-order valence-electron chi connectivity index (χ2n) is 9.22. The van der Waals surface area contributed by atoms with Crippen molar-refractivity contribution in [3.63, 3.8) is 0 Å².